The van der Waals surface area contributed by atoms with E-state index in [0.717, 1.165) is 23.0 Å². The molecule has 19 heavy (non-hydrogen) atoms. The van der Waals surface area contributed by atoms with Crippen molar-refractivity contribution in [1.29, 1.82) is 0 Å². The van der Waals surface area contributed by atoms with Gasteiger partial charge in [0.15, 0.2) is 0 Å². The SMILES string of the molecule is CCNCc1nnc(C2CCCC(C(F)(F)F)C2)s1. The zero-order valence-electron chi connectivity index (χ0n) is 10.8. The summed E-state index contributed by atoms with van der Waals surface area (Å²) in [6.07, 6.45) is -2.24. The summed E-state index contributed by atoms with van der Waals surface area (Å²) in [6, 6.07) is 0. The predicted molar refractivity (Wildman–Crippen MR) is 68.0 cm³/mol. The van der Waals surface area contributed by atoms with Crippen molar-refractivity contribution in [2.75, 3.05) is 6.54 Å². The fourth-order valence-corrected chi connectivity index (χ4v) is 3.41. The number of nitrogens with one attached hydrogen (secondary N) is 1. The fourth-order valence-electron chi connectivity index (χ4n) is 2.45. The molecular formula is C12H18F3N3S. The summed E-state index contributed by atoms with van der Waals surface area (Å²) in [7, 11) is 0. The summed E-state index contributed by atoms with van der Waals surface area (Å²) >= 11 is 1.44. The van der Waals surface area contributed by atoms with Gasteiger partial charge in [-0.2, -0.15) is 13.2 Å². The van der Waals surface area contributed by atoms with Gasteiger partial charge in [0.1, 0.15) is 10.0 Å². The third-order valence-electron chi connectivity index (χ3n) is 3.50. The maximum absolute atomic E-state index is 12.8. The molecule has 0 aromatic carbocycles. The molecule has 0 spiro atoms. The Bertz CT molecular complexity index is 405. The second kappa shape index (κ2) is 6.17. The van der Waals surface area contributed by atoms with Gasteiger partial charge in [0.2, 0.25) is 0 Å². The molecule has 1 aromatic rings. The summed E-state index contributed by atoms with van der Waals surface area (Å²) in [5.41, 5.74) is 0. The Labute approximate surface area is 114 Å². The second-order valence-electron chi connectivity index (χ2n) is 4.92. The lowest BCUT2D eigenvalue weighted by molar-refractivity contribution is -0.183. The monoisotopic (exact) mass is 293 g/mol. The Hall–Kier alpha value is -0.690. The van der Waals surface area contributed by atoms with E-state index in [1.165, 1.54) is 11.3 Å². The van der Waals surface area contributed by atoms with Crippen molar-refractivity contribution in [3.8, 4) is 0 Å². The van der Waals surface area contributed by atoms with E-state index in [1.807, 2.05) is 6.92 Å². The quantitative estimate of drug-likeness (QED) is 0.923. The van der Waals surface area contributed by atoms with Gasteiger partial charge in [0.25, 0.3) is 0 Å². The van der Waals surface area contributed by atoms with Crippen LogP contribution in [0.25, 0.3) is 0 Å². The molecule has 2 unspecified atom stereocenters. The molecule has 1 heterocycles. The van der Waals surface area contributed by atoms with E-state index in [9.17, 15) is 13.2 Å². The smallest absolute Gasteiger partial charge is 0.311 e. The maximum atomic E-state index is 12.8. The number of aromatic nitrogens is 2. The molecule has 108 valence electrons. The van der Waals surface area contributed by atoms with E-state index in [4.69, 9.17) is 0 Å². The van der Waals surface area contributed by atoms with Crippen molar-refractivity contribution in [1.82, 2.24) is 15.5 Å². The van der Waals surface area contributed by atoms with E-state index in [2.05, 4.69) is 15.5 Å². The maximum Gasteiger partial charge on any atom is 0.391 e. The molecule has 1 N–H and O–H groups in total. The van der Waals surface area contributed by atoms with E-state index < -0.39 is 12.1 Å². The molecule has 2 rings (SSSR count). The third-order valence-corrected chi connectivity index (χ3v) is 4.58. The first kappa shape index (κ1) is 14.7. The van der Waals surface area contributed by atoms with Crippen LogP contribution in [0.4, 0.5) is 13.2 Å². The standard InChI is InChI=1S/C12H18F3N3S/c1-2-16-7-10-17-18-11(19-10)8-4-3-5-9(6-8)12(13,14)15/h8-9,16H,2-7H2,1H3. The first-order valence-electron chi connectivity index (χ1n) is 6.60. The molecule has 0 bridgehead atoms. The molecule has 0 aliphatic heterocycles. The number of halogens is 3. The summed E-state index contributed by atoms with van der Waals surface area (Å²) in [5.74, 6) is -1.25. The molecule has 1 aliphatic rings. The summed E-state index contributed by atoms with van der Waals surface area (Å²) in [6.45, 7) is 3.48. The van der Waals surface area contributed by atoms with Crippen LogP contribution in [-0.2, 0) is 6.54 Å². The minimum atomic E-state index is -4.07. The molecule has 0 saturated heterocycles. The van der Waals surface area contributed by atoms with Gasteiger partial charge in [-0.05, 0) is 25.8 Å². The van der Waals surface area contributed by atoms with Gasteiger partial charge < -0.3 is 5.32 Å². The zero-order valence-corrected chi connectivity index (χ0v) is 11.7. The van der Waals surface area contributed by atoms with Crippen LogP contribution < -0.4 is 5.32 Å². The van der Waals surface area contributed by atoms with Gasteiger partial charge in [-0.3, -0.25) is 0 Å². The number of hydrogen-bond acceptors (Lipinski definition) is 4. The Morgan fingerprint density at radius 1 is 1.32 bits per heavy atom. The number of alkyl halides is 3. The first-order valence-corrected chi connectivity index (χ1v) is 7.42. The van der Waals surface area contributed by atoms with Crippen LogP contribution in [0, 0.1) is 5.92 Å². The van der Waals surface area contributed by atoms with Crippen LogP contribution in [0.1, 0.15) is 48.5 Å². The van der Waals surface area contributed by atoms with Crippen molar-refractivity contribution >= 4 is 11.3 Å². The van der Waals surface area contributed by atoms with Crippen LogP contribution in [0.3, 0.4) is 0 Å². The van der Waals surface area contributed by atoms with Gasteiger partial charge in [0, 0.05) is 12.5 Å². The van der Waals surface area contributed by atoms with E-state index in [0.29, 0.717) is 13.0 Å². The number of hydrogen-bond donors (Lipinski definition) is 1. The number of rotatable bonds is 4. The van der Waals surface area contributed by atoms with Gasteiger partial charge in [-0.1, -0.05) is 24.7 Å². The largest absolute Gasteiger partial charge is 0.391 e. The van der Waals surface area contributed by atoms with Gasteiger partial charge in [-0.25, -0.2) is 0 Å². The zero-order chi connectivity index (χ0) is 13.9. The molecule has 1 aliphatic carbocycles. The Balaban J connectivity index is 1.99. The molecule has 0 radical (unpaired) electrons. The predicted octanol–water partition coefficient (Wildman–Crippen LogP) is 3.48. The summed E-state index contributed by atoms with van der Waals surface area (Å²) in [5, 5.41) is 12.9. The van der Waals surface area contributed by atoms with Crippen molar-refractivity contribution in [3.05, 3.63) is 10.0 Å². The average Bonchev–Trinajstić information content (AvgIpc) is 2.84. The van der Waals surface area contributed by atoms with Gasteiger partial charge in [-0.15, -0.1) is 10.2 Å². The number of nitrogens with zero attached hydrogens (tertiary/aromatic N) is 2. The third kappa shape index (κ3) is 3.89. The van der Waals surface area contributed by atoms with Crippen LogP contribution in [0.15, 0.2) is 0 Å². The Kier molecular flexibility index (Phi) is 4.78. The average molecular weight is 293 g/mol. The fraction of sp³-hybridized carbons (Fsp3) is 0.833. The highest BCUT2D eigenvalue weighted by Crippen LogP contribution is 2.44. The van der Waals surface area contributed by atoms with Crippen LogP contribution in [0.2, 0.25) is 0 Å². The van der Waals surface area contributed by atoms with Crippen LogP contribution >= 0.6 is 11.3 Å². The molecule has 7 heteroatoms. The highest BCUT2D eigenvalue weighted by atomic mass is 32.1. The van der Waals surface area contributed by atoms with Gasteiger partial charge >= 0.3 is 6.18 Å². The van der Waals surface area contributed by atoms with Crippen molar-refractivity contribution in [2.24, 2.45) is 5.92 Å². The van der Waals surface area contributed by atoms with Gasteiger partial charge in [0.05, 0.1) is 5.92 Å². The molecule has 3 nitrogen and oxygen atoms in total. The lowest BCUT2D eigenvalue weighted by Crippen LogP contribution is -2.28. The molecule has 2 atom stereocenters. The summed E-state index contributed by atoms with van der Waals surface area (Å²) in [4.78, 5) is 0. The minimum Gasteiger partial charge on any atom is -0.311 e. The van der Waals surface area contributed by atoms with E-state index in [-0.39, 0.29) is 18.8 Å². The minimum absolute atomic E-state index is 0.0757. The Morgan fingerprint density at radius 3 is 2.79 bits per heavy atom. The highest BCUT2D eigenvalue weighted by Gasteiger charge is 2.43. The van der Waals surface area contributed by atoms with E-state index in [1.54, 1.807) is 0 Å². The molecule has 1 fully saturated rings. The van der Waals surface area contributed by atoms with Crippen LogP contribution in [-0.4, -0.2) is 22.9 Å². The first-order chi connectivity index (χ1) is 9.00. The lowest BCUT2D eigenvalue weighted by Gasteiger charge is -2.29. The van der Waals surface area contributed by atoms with Crippen molar-refractivity contribution in [2.45, 2.75) is 51.2 Å². The summed E-state index contributed by atoms with van der Waals surface area (Å²) < 4.78 is 38.3. The molecule has 1 saturated carbocycles. The van der Waals surface area contributed by atoms with Crippen molar-refractivity contribution in [3.63, 3.8) is 0 Å². The Morgan fingerprint density at radius 2 is 2.11 bits per heavy atom. The second-order valence-corrected chi connectivity index (χ2v) is 6.01. The molecule has 1 aromatic heterocycles. The lowest BCUT2D eigenvalue weighted by atomic mass is 9.81. The molecular weight excluding hydrogens is 275 g/mol. The molecule has 0 amide bonds. The van der Waals surface area contributed by atoms with Crippen molar-refractivity contribution < 1.29 is 13.2 Å². The highest BCUT2D eigenvalue weighted by molar-refractivity contribution is 7.11. The topological polar surface area (TPSA) is 37.8 Å². The van der Waals surface area contributed by atoms with E-state index >= 15 is 0 Å². The normalized spacial score (nSPS) is 24.6. The van der Waals surface area contributed by atoms with Crippen LogP contribution in [0.5, 0.6) is 0 Å².